The smallest absolute Gasteiger partial charge is 0.428 e. The number of alkyl halides is 7. The molecule has 20 heavy (non-hydrogen) atoms. The normalized spacial score (nSPS) is 13.2. The zero-order chi connectivity index (χ0) is 15.7. The largest absolute Gasteiger partial charge is 0.461 e. The third kappa shape index (κ3) is 4.01. The van der Waals surface area contributed by atoms with Gasteiger partial charge in [-0.25, -0.2) is 0 Å². The molecule has 0 saturated heterocycles. The molecule has 0 aliphatic rings. The molecule has 1 aromatic carbocycles. The topological polar surface area (TPSA) is 9.23 Å². The Morgan fingerprint density at radius 2 is 1.50 bits per heavy atom. The van der Waals surface area contributed by atoms with Crippen LogP contribution in [-0.4, -0.2) is 12.5 Å². The predicted molar refractivity (Wildman–Crippen MR) is 57.1 cm³/mol. The summed E-state index contributed by atoms with van der Waals surface area (Å²) in [4.78, 5) is 0. The van der Waals surface area contributed by atoms with Crippen molar-refractivity contribution in [1.82, 2.24) is 0 Å². The quantitative estimate of drug-likeness (QED) is 0.706. The summed E-state index contributed by atoms with van der Waals surface area (Å²) in [6.07, 6.45) is -13.8. The van der Waals surface area contributed by atoms with E-state index in [9.17, 15) is 30.7 Å². The van der Waals surface area contributed by atoms with E-state index in [0.717, 1.165) is 12.1 Å². The highest BCUT2D eigenvalue weighted by Crippen LogP contribution is 2.36. The molecule has 1 nitrogen and oxygen atoms in total. The zero-order valence-corrected chi connectivity index (χ0v) is 10.4. The maximum absolute atomic E-state index is 12.7. The van der Waals surface area contributed by atoms with E-state index in [1.807, 2.05) is 0 Å². The minimum absolute atomic E-state index is 0.0555. The molecule has 1 rings (SSSR count). The first-order valence-electron chi connectivity index (χ1n) is 5.50. The third-order valence-electron chi connectivity index (χ3n) is 2.43. The summed E-state index contributed by atoms with van der Waals surface area (Å²) in [6.45, 7) is 3.06. The molecule has 0 atom stereocenters. The maximum Gasteiger partial charge on any atom is 0.461 e. The lowest BCUT2D eigenvalue weighted by atomic mass is 10.00. The van der Waals surface area contributed by atoms with Crippen molar-refractivity contribution in [3.8, 4) is 5.75 Å². The first-order valence-corrected chi connectivity index (χ1v) is 5.50. The van der Waals surface area contributed by atoms with E-state index in [1.54, 1.807) is 0 Å². The molecule has 1 aromatic rings. The summed E-state index contributed by atoms with van der Waals surface area (Å²) in [7, 11) is 0. The Morgan fingerprint density at radius 3 is 1.90 bits per heavy atom. The van der Waals surface area contributed by atoms with Crippen molar-refractivity contribution in [2.45, 2.75) is 38.5 Å². The third-order valence-corrected chi connectivity index (χ3v) is 2.43. The van der Waals surface area contributed by atoms with Gasteiger partial charge in [-0.1, -0.05) is 13.8 Å². The number of hydrogen-bond acceptors (Lipinski definition) is 1. The summed E-state index contributed by atoms with van der Waals surface area (Å²) >= 11 is 0. The SMILES string of the molecule is CC(C)c1cc(OC(F)(F)C(F)F)cc(C(F)(F)F)c1. The fourth-order valence-electron chi connectivity index (χ4n) is 1.38. The van der Waals surface area contributed by atoms with Gasteiger partial charge in [0.25, 0.3) is 0 Å². The molecule has 0 aromatic heterocycles. The Morgan fingerprint density at radius 1 is 0.950 bits per heavy atom. The highest BCUT2D eigenvalue weighted by Gasteiger charge is 2.44. The predicted octanol–water partition coefficient (Wildman–Crippen LogP) is 5.07. The van der Waals surface area contributed by atoms with Gasteiger partial charge >= 0.3 is 18.7 Å². The molecule has 0 unspecified atom stereocenters. The maximum atomic E-state index is 12.7. The van der Waals surface area contributed by atoms with E-state index >= 15 is 0 Å². The second kappa shape index (κ2) is 5.49. The minimum Gasteiger partial charge on any atom is -0.428 e. The van der Waals surface area contributed by atoms with Crippen LogP contribution in [0.4, 0.5) is 30.7 Å². The molecule has 0 heterocycles. The Hall–Kier alpha value is -1.47. The molecular formula is C12H11F7O. The summed E-state index contributed by atoms with van der Waals surface area (Å²) < 4.78 is 91.0. The monoisotopic (exact) mass is 304 g/mol. The van der Waals surface area contributed by atoms with Crippen molar-refractivity contribution in [2.24, 2.45) is 0 Å². The van der Waals surface area contributed by atoms with E-state index in [4.69, 9.17) is 0 Å². The second-order valence-corrected chi connectivity index (χ2v) is 4.41. The summed E-state index contributed by atoms with van der Waals surface area (Å²) in [5.74, 6) is -1.37. The van der Waals surface area contributed by atoms with Gasteiger partial charge in [0.05, 0.1) is 5.56 Å². The summed E-state index contributed by atoms with van der Waals surface area (Å²) in [6, 6.07) is 1.91. The van der Waals surface area contributed by atoms with Crippen molar-refractivity contribution < 1.29 is 35.5 Å². The van der Waals surface area contributed by atoms with Gasteiger partial charge in [-0.3, -0.25) is 0 Å². The molecule has 0 saturated carbocycles. The molecule has 8 heteroatoms. The summed E-state index contributed by atoms with van der Waals surface area (Å²) in [5, 5.41) is 0. The highest BCUT2D eigenvalue weighted by molar-refractivity contribution is 5.37. The van der Waals surface area contributed by atoms with Crippen LogP contribution in [0.3, 0.4) is 0 Å². The minimum atomic E-state index is -4.85. The van der Waals surface area contributed by atoms with Gasteiger partial charge in [0.2, 0.25) is 0 Å². The first-order chi connectivity index (χ1) is 8.93. The van der Waals surface area contributed by atoms with E-state index in [-0.39, 0.29) is 11.6 Å². The van der Waals surface area contributed by atoms with E-state index < -0.39 is 35.9 Å². The molecule has 0 N–H and O–H groups in total. The van der Waals surface area contributed by atoms with Gasteiger partial charge in [-0.15, -0.1) is 0 Å². The number of benzene rings is 1. The number of hydrogen-bond donors (Lipinski definition) is 0. The standard InChI is InChI=1S/C12H11F7O/c1-6(2)7-3-8(11(15,16)17)5-9(4-7)20-12(18,19)10(13)14/h3-6,10H,1-2H3. The van der Waals surface area contributed by atoms with E-state index in [0.29, 0.717) is 0 Å². The van der Waals surface area contributed by atoms with Crippen molar-refractivity contribution >= 4 is 0 Å². The average Bonchev–Trinajstić information content (AvgIpc) is 2.26. The highest BCUT2D eigenvalue weighted by atomic mass is 19.4. The molecule has 114 valence electrons. The van der Waals surface area contributed by atoms with Gasteiger partial charge in [-0.2, -0.15) is 30.7 Å². The van der Waals surface area contributed by atoms with Crippen LogP contribution in [0.25, 0.3) is 0 Å². The Balaban J connectivity index is 3.23. The molecule has 0 spiro atoms. The molecule has 0 radical (unpaired) electrons. The zero-order valence-electron chi connectivity index (χ0n) is 10.4. The average molecular weight is 304 g/mol. The Kier molecular flexibility index (Phi) is 4.55. The van der Waals surface area contributed by atoms with Crippen LogP contribution in [0, 0.1) is 0 Å². The van der Waals surface area contributed by atoms with Crippen LogP contribution in [-0.2, 0) is 6.18 Å². The number of rotatable bonds is 4. The van der Waals surface area contributed by atoms with Crippen LogP contribution in [0.1, 0.15) is 30.9 Å². The van der Waals surface area contributed by atoms with Crippen molar-refractivity contribution in [1.29, 1.82) is 0 Å². The lowest BCUT2D eigenvalue weighted by Gasteiger charge is -2.19. The second-order valence-electron chi connectivity index (χ2n) is 4.41. The molecular weight excluding hydrogens is 293 g/mol. The van der Waals surface area contributed by atoms with Gasteiger partial charge < -0.3 is 4.74 Å². The van der Waals surface area contributed by atoms with Crippen LogP contribution in [0.2, 0.25) is 0 Å². The van der Waals surface area contributed by atoms with E-state index in [1.165, 1.54) is 13.8 Å². The molecule has 0 aliphatic heterocycles. The lowest BCUT2D eigenvalue weighted by molar-refractivity contribution is -0.253. The molecule has 0 bridgehead atoms. The van der Waals surface area contributed by atoms with Gasteiger partial charge in [-0.05, 0) is 29.7 Å². The number of ether oxygens (including phenoxy) is 1. The van der Waals surface area contributed by atoms with Gasteiger partial charge in [0.1, 0.15) is 5.75 Å². The molecule has 0 aliphatic carbocycles. The van der Waals surface area contributed by atoms with Crippen LogP contribution in [0.5, 0.6) is 5.75 Å². The van der Waals surface area contributed by atoms with Crippen molar-refractivity contribution in [2.75, 3.05) is 0 Å². The van der Waals surface area contributed by atoms with Crippen molar-refractivity contribution in [3.05, 3.63) is 29.3 Å². The lowest BCUT2D eigenvalue weighted by Crippen LogP contribution is -2.33. The molecule has 0 amide bonds. The van der Waals surface area contributed by atoms with E-state index in [2.05, 4.69) is 4.74 Å². The van der Waals surface area contributed by atoms with Gasteiger partial charge in [0.15, 0.2) is 0 Å². The summed E-state index contributed by atoms with van der Waals surface area (Å²) in [5.41, 5.74) is -1.18. The van der Waals surface area contributed by atoms with Crippen molar-refractivity contribution in [3.63, 3.8) is 0 Å². The van der Waals surface area contributed by atoms with Crippen LogP contribution < -0.4 is 4.74 Å². The van der Waals surface area contributed by atoms with Gasteiger partial charge in [0, 0.05) is 0 Å². The fraction of sp³-hybridized carbons (Fsp3) is 0.500. The van der Waals surface area contributed by atoms with Crippen LogP contribution >= 0.6 is 0 Å². The fourth-order valence-corrected chi connectivity index (χ4v) is 1.38. The Bertz CT molecular complexity index is 465. The molecule has 0 fully saturated rings. The number of halogens is 7. The first kappa shape index (κ1) is 16.6. The van der Waals surface area contributed by atoms with Crippen LogP contribution in [0.15, 0.2) is 18.2 Å². The Labute approximate surface area is 110 Å².